The molecular formula is C35H40F6N4O4. The first-order valence-electron chi connectivity index (χ1n) is 16.4. The molecule has 2 aliphatic heterocycles. The predicted octanol–water partition coefficient (Wildman–Crippen LogP) is 6.26. The summed E-state index contributed by atoms with van der Waals surface area (Å²) in [7, 11) is 1.56. The SMILES string of the molecule is COc1cc(CCN2CCCCC2)cnc1-c1cccc2c(C[C@H](NC(=O)C3(C(F)(F)F)CCN(CC(F)(F)F)CC3)C(=O)O)cccc12. The number of ether oxygens (including phenoxy) is 1. The lowest BCUT2D eigenvalue weighted by Gasteiger charge is -2.42. The molecule has 266 valence electrons. The summed E-state index contributed by atoms with van der Waals surface area (Å²) in [5.41, 5.74) is -0.257. The number of fused-ring (bicyclic) bond motifs is 1. The van der Waals surface area contributed by atoms with Crippen molar-refractivity contribution in [3.05, 3.63) is 59.8 Å². The van der Waals surface area contributed by atoms with Crippen LogP contribution in [0, 0.1) is 5.41 Å². The molecule has 0 saturated carbocycles. The summed E-state index contributed by atoms with van der Waals surface area (Å²) < 4.78 is 87.3. The molecule has 0 bridgehead atoms. The first-order valence-corrected chi connectivity index (χ1v) is 16.4. The van der Waals surface area contributed by atoms with Crippen molar-refractivity contribution in [1.29, 1.82) is 0 Å². The number of carbonyl (C=O) groups is 2. The van der Waals surface area contributed by atoms with E-state index in [2.05, 4.69) is 10.2 Å². The number of alkyl halides is 6. The normalized spacial score (nSPS) is 18.3. The third-order valence-corrected chi connectivity index (χ3v) is 9.68. The number of benzene rings is 2. The fourth-order valence-corrected chi connectivity index (χ4v) is 6.91. The fraction of sp³-hybridized carbons (Fsp3) is 0.514. The molecule has 8 nitrogen and oxygen atoms in total. The van der Waals surface area contributed by atoms with Crippen LogP contribution in [0.15, 0.2) is 48.7 Å². The standard InChI is InChI=1S/C35H40F6N4O4/c1-49-29-19-23(11-16-44-14-3-2-4-15-44)21-42-30(29)27-10-6-8-25-24(7-5-9-26(25)27)20-28(31(46)47)43-32(48)33(35(39,40)41)12-17-45(18-13-33)22-34(36,37)38/h5-10,19,21,28H,2-4,11-18,20,22H2,1H3,(H,43,48)(H,46,47)/t28-/m0/s1. The Bertz CT molecular complexity index is 1630. The van der Waals surface area contributed by atoms with Crippen LogP contribution < -0.4 is 10.1 Å². The number of halogens is 6. The smallest absolute Gasteiger partial charge is 0.403 e. The minimum atomic E-state index is -5.10. The van der Waals surface area contributed by atoms with Gasteiger partial charge >= 0.3 is 18.3 Å². The van der Waals surface area contributed by atoms with Gasteiger partial charge in [-0.1, -0.05) is 42.8 Å². The number of hydrogen-bond donors (Lipinski definition) is 2. The van der Waals surface area contributed by atoms with Crippen molar-refractivity contribution >= 4 is 22.6 Å². The maximum absolute atomic E-state index is 14.4. The zero-order valence-corrected chi connectivity index (χ0v) is 27.2. The number of pyridine rings is 1. The Morgan fingerprint density at radius 3 is 2.27 bits per heavy atom. The average Bonchev–Trinajstić information content (AvgIpc) is 3.06. The molecule has 2 saturated heterocycles. The molecule has 2 aliphatic rings. The number of likely N-dealkylation sites (tertiary alicyclic amines) is 2. The highest BCUT2D eigenvalue weighted by Gasteiger charge is 2.61. The second kappa shape index (κ2) is 14.9. The van der Waals surface area contributed by atoms with E-state index in [-0.39, 0.29) is 6.42 Å². The molecule has 1 amide bonds. The van der Waals surface area contributed by atoms with Gasteiger partial charge in [-0.25, -0.2) is 4.79 Å². The number of carbonyl (C=O) groups excluding carboxylic acids is 1. The van der Waals surface area contributed by atoms with Gasteiger partial charge in [0.1, 0.15) is 22.9 Å². The fourth-order valence-electron chi connectivity index (χ4n) is 6.91. The van der Waals surface area contributed by atoms with Crippen molar-refractivity contribution < 1.29 is 45.8 Å². The van der Waals surface area contributed by atoms with Gasteiger partial charge in [-0.05, 0) is 86.2 Å². The van der Waals surface area contributed by atoms with E-state index in [1.165, 1.54) is 19.3 Å². The monoisotopic (exact) mass is 694 g/mol. The molecule has 0 spiro atoms. The van der Waals surface area contributed by atoms with Crippen LogP contribution in [0.4, 0.5) is 26.3 Å². The van der Waals surface area contributed by atoms with Crippen LogP contribution in [0.2, 0.25) is 0 Å². The number of nitrogens with one attached hydrogen (secondary N) is 1. The summed E-state index contributed by atoms with van der Waals surface area (Å²) in [4.78, 5) is 33.5. The number of methoxy groups -OCH3 is 1. The number of piperidine rings is 2. The predicted molar refractivity (Wildman–Crippen MR) is 171 cm³/mol. The molecule has 0 aliphatic carbocycles. The lowest BCUT2D eigenvalue weighted by molar-refractivity contribution is -0.236. The van der Waals surface area contributed by atoms with E-state index < -0.39 is 68.2 Å². The third kappa shape index (κ3) is 8.46. The van der Waals surface area contributed by atoms with Crippen molar-refractivity contribution in [3.63, 3.8) is 0 Å². The summed E-state index contributed by atoms with van der Waals surface area (Å²) in [5, 5.41) is 13.4. The van der Waals surface area contributed by atoms with E-state index in [0.717, 1.165) is 36.5 Å². The Hall–Kier alpha value is -3.91. The lowest BCUT2D eigenvalue weighted by Crippen LogP contribution is -2.59. The number of amides is 1. The molecule has 2 fully saturated rings. The summed E-state index contributed by atoms with van der Waals surface area (Å²) in [6.45, 7) is 0.457. The molecule has 2 aromatic carbocycles. The second-order valence-corrected chi connectivity index (χ2v) is 12.9. The number of nitrogens with zero attached hydrogens (tertiary/aromatic N) is 3. The minimum absolute atomic E-state index is 0.337. The van der Waals surface area contributed by atoms with E-state index in [0.29, 0.717) is 33.3 Å². The van der Waals surface area contributed by atoms with Gasteiger partial charge in [0.05, 0.1) is 13.7 Å². The second-order valence-electron chi connectivity index (χ2n) is 12.9. The Morgan fingerprint density at radius 1 is 0.959 bits per heavy atom. The third-order valence-electron chi connectivity index (χ3n) is 9.68. The van der Waals surface area contributed by atoms with Crippen molar-refractivity contribution in [3.8, 4) is 17.0 Å². The van der Waals surface area contributed by atoms with Crippen molar-refractivity contribution in [2.45, 2.75) is 63.3 Å². The zero-order chi connectivity index (χ0) is 35.4. The molecule has 14 heteroatoms. The van der Waals surface area contributed by atoms with Crippen LogP contribution in [-0.2, 0) is 22.4 Å². The highest BCUT2D eigenvalue weighted by molar-refractivity contribution is 5.99. The van der Waals surface area contributed by atoms with Gasteiger partial charge in [-0.2, -0.15) is 26.3 Å². The average molecular weight is 695 g/mol. The molecule has 0 unspecified atom stereocenters. The molecule has 49 heavy (non-hydrogen) atoms. The molecular weight excluding hydrogens is 654 g/mol. The van der Waals surface area contributed by atoms with Crippen molar-refractivity contribution in [1.82, 2.24) is 20.1 Å². The van der Waals surface area contributed by atoms with Crippen LogP contribution in [0.1, 0.15) is 43.2 Å². The first-order chi connectivity index (χ1) is 23.2. The van der Waals surface area contributed by atoms with Gasteiger partial charge in [0.2, 0.25) is 5.91 Å². The van der Waals surface area contributed by atoms with E-state index in [9.17, 15) is 41.0 Å². The number of aliphatic carboxylic acids is 1. The Morgan fingerprint density at radius 2 is 1.63 bits per heavy atom. The molecule has 3 heterocycles. The molecule has 0 radical (unpaired) electrons. The van der Waals surface area contributed by atoms with Crippen LogP contribution in [0.3, 0.4) is 0 Å². The van der Waals surface area contributed by atoms with Crippen LogP contribution in [0.5, 0.6) is 5.75 Å². The van der Waals surface area contributed by atoms with Gasteiger partial charge in [0, 0.05) is 24.7 Å². The van der Waals surface area contributed by atoms with Crippen molar-refractivity contribution in [2.75, 3.05) is 46.4 Å². The van der Waals surface area contributed by atoms with Gasteiger partial charge in [0.25, 0.3) is 0 Å². The van der Waals surface area contributed by atoms with Gasteiger partial charge < -0.3 is 20.1 Å². The van der Waals surface area contributed by atoms with E-state index in [4.69, 9.17) is 9.72 Å². The van der Waals surface area contributed by atoms with E-state index in [1.54, 1.807) is 31.4 Å². The maximum Gasteiger partial charge on any atom is 0.403 e. The molecule has 3 aromatic rings. The number of hydrogen-bond acceptors (Lipinski definition) is 6. The molecule has 5 rings (SSSR count). The largest absolute Gasteiger partial charge is 0.494 e. The van der Waals surface area contributed by atoms with Crippen LogP contribution >= 0.6 is 0 Å². The first kappa shape index (κ1) is 36.4. The Balaban J connectivity index is 1.37. The summed E-state index contributed by atoms with van der Waals surface area (Å²) >= 11 is 0. The Labute approximate surface area is 280 Å². The van der Waals surface area contributed by atoms with Crippen LogP contribution in [-0.4, -0.2) is 96.5 Å². The highest BCUT2D eigenvalue weighted by atomic mass is 19.4. The zero-order valence-electron chi connectivity index (χ0n) is 27.2. The van der Waals surface area contributed by atoms with Crippen molar-refractivity contribution in [2.24, 2.45) is 5.41 Å². The highest BCUT2D eigenvalue weighted by Crippen LogP contribution is 2.47. The maximum atomic E-state index is 14.4. The van der Waals surface area contributed by atoms with E-state index >= 15 is 0 Å². The summed E-state index contributed by atoms with van der Waals surface area (Å²) in [6, 6.07) is 10.7. The molecule has 1 atom stereocenters. The number of aromatic nitrogens is 1. The number of carboxylic acid groups (broad SMARTS) is 1. The van der Waals surface area contributed by atoms with Gasteiger partial charge in [0.15, 0.2) is 0 Å². The minimum Gasteiger partial charge on any atom is -0.494 e. The quantitative estimate of drug-likeness (QED) is 0.229. The number of carboxylic acids is 1. The summed E-state index contributed by atoms with van der Waals surface area (Å²) in [6.07, 6.45) is -5.61. The molecule has 1 aromatic heterocycles. The van der Waals surface area contributed by atoms with Gasteiger partial charge in [-0.3, -0.25) is 14.7 Å². The molecule has 2 N–H and O–H groups in total. The van der Waals surface area contributed by atoms with Gasteiger partial charge in [-0.15, -0.1) is 0 Å². The van der Waals surface area contributed by atoms with Crippen LogP contribution in [0.25, 0.3) is 22.0 Å². The Kier molecular flexibility index (Phi) is 11.1. The number of rotatable bonds is 11. The summed E-state index contributed by atoms with van der Waals surface area (Å²) in [5.74, 6) is -2.55. The topological polar surface area (TPSA) is 95.0 Å². The lowest BCUT2D eigenvalue weighted by atomic mass is 9.76. The van der Waals surface area contributed by atoms with E-state index in [1.807, 2.05) is 24.4 Å².